The number of para-hydroxylation sites is 1. The number of benzene rings is 2. The average molecular weight is 432 g/mol. The second-order valence-electron chi connectivity index (χ2n) is 7.82. The maximum Gasteiger partial charge on any atom is 0.278 e. The molecule has 0 fully saturated rings. The molecule has 0 bridgehead atoms. The van der Waals surface area contributed by atoms with Crippen molar-refractivity contribution in [2.75, 3.05) is 17.3 Å². The lowest BCUT2D eigenvalue weighted by Gasteiger charge is -2.22. The number of aryl methyl sites for hydroxylation is 1. The van der Waals surface area contributed by atoms with Crippen molar-refractivity contribution in [2.45, 2.75) is 32.9 Å². The molecule has 0 spiro atoms. The molecule has 2 heterocycles. The number of aromatic nitrogens is 2. The normalized spacial score (nSPS) is 14.7. The van der Waals surface area contributed by atoms with Gasteiger partial charge < -0.3 is 15.0 Å². The third-order valence-corrected chi connectivity index (χ3v) is 5.43. The summed E-state index contributed by atoms with van der Waals surface area (Å²) in [7, 11) is 1.51. The highest BCUT2D eigenvalue weighted by Crippen LogP contribution is 2.32. The number of ether oxygens (including phenoxy) is 1. The Balaban J connectivity index is 1.56. The molecule has 2 aromatic carbocycles. The van der Waals surface area contributed by atoms with Gasteiger partial charge in [0.25, 0.3) is 11.5 Å². The van der Waals surface area contributed by atoms with Crippen molar-refractivity contribution < 1.29 is 14.3 Å². The van der Waals surface area contributed by atoms with E-state index in [0.29, 0.717) is 11.4 Å². The molecule has 32 heavy (non-hydrogen) atoms. The van der Waals surface area contributed by atoms with Crippen molar-refractivity contribution in [3.8, 4) is 5.75 Å². The lowest BCUT2D eigenvalue weighted by atomic mass is 10.1. The van der Waals surface area contributed by atoms with E-state index in [2.05, 4.69) is 10.4 Å². The summed E-state index contributed by atoms with van der Waals surface area (Å²) in [4.78, 5) is 39.8. The number of amides is 2. The molecule has 0 radical (unpaired) electrons. The molecule has 0 aliphatic carbocycles. The van der Waals surface area contributed by atoms with Gasteiger partial charge in [0.15, 0.2) is 0 Å². The molecule has 8 heteroatoms. The summed E-state index contributed by atoms with van der Waals surface area (Å²) in [6.45, 7) is 3.54. The predicted octanol–water partition coefficient (Wildman–Crippen LogP) is 2.79. The summed E-state index contributed by atoms with van der Waals surface area (Å²) in [5, 5.41) is 6.93. The van der Waals surface area contributed by atoms with Crippen LogP contribution in [0.4, 0.5) is 11.4 Å². The van der Waals surface area contributed by atoms with E-state index in [1.807, 2.05) is 44.2 Å². The minimum Gasteiger partial charge on any atom is -0.495 e. The Bertz CT molecular complexity index is 1250. The minimum atomic E-state index is -0.470. The van der Waals surface area contributed by atoms with Crippen LogP contribution in [0.3, 0.4) is 0 Å². The van der Waals surface area contributed by atoms with Crippen LogP contribution in [0.5, 0.6) is 5.75 Å². The van der Waals surface area contributed by atoms with Crippen LogP contribution in [0.15, 0.2) is 59.4 Å². The van der Waals surface area contributed by atoms with Gasteiger partial charge in [-0.15, -0.1) is 0 Å². The number of anilines is 2. The smallest absolute Gasteiger partial charge is 0.278 e. The largest absolute Gasteiger partial charge is 0.495 e. The van der Waals surface area contributed by atoms with Crippen LogP contribution in [0.2, 0.25) is 0 Å². The van der Waals surface area contributed by atoms with Crippen LogP contribution in [0, 0.1) is 6.92 Å². The lowest BCUT2D eigenvalue weighted by molar-refractivity contribution is -0.117. The van der Waals surface area contributed by atoms with Gasteiger partial charge in [0.2, 0.25) is 5.91 Å². The van der Waals surface area contributed by atoms with Crippen molar-refractivity contribution in [1.82, 2.24) is 9.78 Å². The first kappa shape index (κ1) is 21.3. The Hall–Kier alpha value is -3.94. The van der Waals surface area contributed by atoms with Gasteiger partial charge in [-0.3, -0.25) is 14.4 Å². The third-order valence-electron chi connectivity index (χ3n) is 5.43. The van der Waals surface area contributed by atoms with Crippen molar-refractivity contribution >= 4 is 23.2 Å². The molecule has 1 aliphatic heterocycles. The van der Waals surface area contributed by atoms with Crippen LogP contribution in [0.25, 0.3) is 0 Å². The van der Waals surface area contributed by atoms with Gasteiger partial charge >= 0.3 is 0 Å². The predicted molar refractivity (Wildman–Crippen MR) is 121 cm³/mol. The monoisotopic (exact) mass is 432 g/mol. The van der Waals surface area contributed by atoms with Crippen molar-refractivity contribution in [3.05, 3.63) is 81.8 Å². The van der Waals surface area contributed by atoms with E-state index in [0.717, 1.165) is 27.9 Å². The molecule has 0 saturated carbocycles. The number of hydrogen-bond acceptors (Lipinski definition) is 5. The number of rotatable bonds is 5. The van der Waals surface area contributed by atoms with E-state index in [1.165, 1.54) is 19.2 Å². The van der Waals surface area contributed by atoms with E-state index < -0.39 is 11.5 Å². The zero-order valence-electron chi connectivity index (χ0n) is 18.2. The SMILES string of the molecule is COc1ccc(C)cc1NC(=O)Cn1nc(C(=O)N2c3ccccc3CC2C)ccc1=O. The maximum absolute atomic E-state index is 13.2. The van der Waals surface area contributed by atoms with Gasteiger partial charge in [0.1, 0.15) is 18.0 Å². The van der Waals surface area contributed by atoms with Crippen LogP contribution >= 0.6 is 0 Å². The number of fused-ring (bicyclic) bond motifs is 1. The molecule has 2 amide bonds. The second kappa shape index (κ2) is 8.66. The first-order chi connectivity index (χ1) is 15.4. The summed E-state index contributed by atoms with van der Waals surface area (Å²) in [5.74, 6) is -0.250. The van der Waals surface area contributed by atoms with Gasteiger partial charge in [-0.2, -0.15) is 5.10 Å². The molecule has 1 aliphatic rings. The van der Waals surface area contributed by atoms with E-state index >= 15 is 0 Å². The van der Waals surface area contributed by atoms with Gasteiger partial charge in [-0.25, -0.2) is 4.68 Å². The van der Waals surface area contributed by atoms with Gasteiger partial charge in [0, 0.05) is 17.8 Å². The van der Waals surface area contributed by atoms with E-state index in [9.17, 15) is 14.4 Å². The first-order valence-corrected chi connectivity index (χ1v) is 10.3. The Kier molecular flexibility index (Phi) is 5.77. The van der Waals surface area contributed by atoms with Crippen molar-refractivity contribution in [3.63, 3.8) is 0 Å². The van der Waals surface area contributed by atoms with E-state index in [1.54, 1.807) is 17.0 Å². The van der Waals surface area contributed by atoms with E-state index in [-0.39, 0.29) is 24.2 Å². The summed E-state index contributed by atoms with van der Waals surface area (Å²) in [5.41, 5.74) is 3.02. The maximum atomic E-state index is 13.2. The third kappa shape index (κ3) is 4.12. The minimum absolute atomic E-state index is 0.0286. The number of carbonyl (C=O) groups excluding carboxylic acids is 2. The molecule has 1 unspecified atom stereocenters. The number of carbonyl (C=O) groups is 2. The molecule has 1 aromatic heterocycles. The number of hydrogen-bond donors (Lipinski definition) is 1. The molecule has 1 N–H and O–H groups in total. The zero-order chi connectivity index (χ0) is 22.8. The zero-order valence-corrected chi connectivity index (χ0v) is 18.2. The van der Waals surface area contributed by atoms with Crippen molar-refractivity contribution in [2.24, 2.45) is 0 Å². The van der Waals surface area contributed by atoms with Crippen LogP contribution < -0.4 is 20.5 Å². The highest BCUT2D eigenvalue weighted by molar-refractivity contribution is 6.06. The number of nitrogens with zero attached hydrogens (tertiary/aromatic N) is 3. The Labute approximate surface area is 185 Å². The van der Waals surface area contributed by atoms with Gasteiger partial charge in [0.05, 0.1) is 12.8 Å². The molecular weight excluding hydrogens is 408 g/mol. The second-order valence-corrected chi connectivity index (χ2v) is 7.82. The fourth-order valence-electron chi connectivity index (χ4n) is 3.92. The molecule has 0 saturated heterocycles. The average Bonchev–Trinajstić information content (AvgIpc) is 3.10. The fourth-order valence-corrected chi connectivity index (χ4v) is 3.92. The van der Waals surface area contributed by atoms with E-state index in [4.69, 9.17) is 4.74 Å². The molecule has 3 aromatic rings. The molecule has 4 rings (SSSR count). The Morgan fingerprint density at radius 2 is 1.94 bits per heavy atom. The fraction of sp³-hybridized carbons (Fsp3) is 0.250. The highest BCUT2D eigenvalue weighted by atomic mass is 16.5. The summed E-state index contributed by atoms with van der Waals surface area (Å²) >= 11 is 0. The summed E-state index contributed by atoms with van der Waals surface area (Å²) < 4.78 is 6.27. The summed E-state index contributed by atoms with van der Waals surface area (Å²) in [6.07, 6.45) is 0.752. The molecule has 1 atom stereocenters. The Morgan fingerprint density at radius 3 is 2.72 bits per heavy atom. The topological polar surface area (TPSA) is 93.5 Å². The van der Waals surface area contributed by atoms with Gasteiger partial charge in [-0.05, 0) is 55.7 Å². The molecule has 164 valence electrons. The standard InChI is InChI=1S/C24H24N4O4/c1-15-8-10-21(32-3)19(12-15)25-22(29)14-27-23(30)11-9-18(26-27)24(31)28-16(2)13-17-6-4-5-7-20(17)28/h4-12,16H,13-14H2,1-3H3,(H,25,29). The lowest BCUT2D eigenvalue weighted by Crippen LogP contribution is -2.38. The Morgan fingerprint density at radius 1 is 1.16 bits per heavy atom. The van der Waals surface area contributed by atoms with Gasteiger partial charge in [-0.1, -0.05) is 24.3 Å². The number of methoxy groups -OCH3 is 1. The van der Waals surface area contributed by atoms with Crippen LogP contribution in [-0.4, -0.2) is 34.7 Å². The van der Waals surface area contributed by atoms with Crippen LogP contribution in [0.1, 0.15) is 28.5 Å². The number of nitrogens with one attached hydrogen (secondary N) is 1. The van der Waals surface area contributed by atoms with Crippen LogP contribution in [-0.2, 0) is 17.8 Å². The molecule has 8 nitrogen and oxygen atoms in total. The molecular formula is C24H24N4O4. The summed E-state index contributed by atoms with van der Waals surface area (Å²) in [6, 6.07) is 15.8. The first-order valence-electron chi connectivity index (χ1n) is 10.3. The highest BCUT2D eigenvalue weighted by Gasteiger charge is 2.32. The van der Waals surface area contributed by atoms with Crippen molar-refractivity contribution in [1.29, 1.82) is 0 Å². The quantitative estimate of drug-likeness (QED) is 0.669.